The third-order valence-electron chi connectivity index (χ3n) is 3.33. The minimum atomic E-state index is -2.24. The molecule has 2 heterocycles. The SMILES string of the molecule is COC12CNCC1CN(CC(F)F)C2. The predicted octanol–water partition coefficient (Wildman–Crippen LogP) is 0.172. The van der Waals surface area contributed by atoms with Crippen molar-refractivity contribution in [3.8, 4) is 0 Å². The molecule has 0 saturated carbocycles. The van der Waals surface area contributed by atoms with Crippen LogP contribution in [-0.4, -0.2) is 56.8 Å². The zero-order valence-electron chi connectivity index (χ0n) is 8.30. The van der Waals surface area contributed by atoms with E-state index in [4.69, 9.17) is 4.74 Å². The van der Waals surface area contributed by atoms with Gasteiger partial charge in [0.2, 0.25) is 0 Å². The molecule has 2 fully saturated rings. The van der Waals surface area contributed by atoms with Gasteiger partial charge in [0.15, 0.2) is 0 Å². The average molecular weight is 206 g/mol. The third-order valence-corrected chi connectivity index (χ3v) is 3.33. The number of methoxy groups -OCH3 is 1. The summed E-state index contributed by atoms with van der Waals surface area (Å²) in [5, 5.41) is 3.25. The summed E-state index contributed by atoms with van der Waals surface area (Å²) in [5.41, 5.74) is -0.213. The molecule has 14 heavy (non-hydrogen) atoms. The Morgan fingerprint density at radius 1 is 1.64 bits per heavy atom. The maximum atomic E-state index is 12.2. The molecule has 0 amide bonds. The molecule has 2 unspecified atom stereocenters. The van der Waals surface area contributed by atoms with Crippen LogP contribution in [0, 0.1) is 5.92 Å². The number of likely N-dealkylation sites (tertiary alicyclic amines) is 1. The fourth-order valence-electron chi connectivity index (χ4n) is 2.60. The van der Waals surface area contributed by atoms with Crippen molar-refractivity contribution in [2.45, 2.75) is 12.0 Å². The van der Waals surface area contributed by atoms with Crippen LogP contribution in [0.1, 0.15) is 0 Å². The molecule has 2 rings (SSSR count). The molecule has 3 nitrogen and oxygen atoms in total. The lowest BCUT2D eigenvalue weighted by Gasteiger charge is -2.26. The third kappa shape index (κ3) is 1.64. The highest BCUT2D eigenvalue weighted by atomic mass is 19.3. The number of alkyl halides is 2. The van der Waals surface area contributed by atoms with Crippen LogP contribution in [0.2, 0.25) is 0 Å². The first-order chi connectivity index (χ1) is 6.66. The van der Waals surface area contributed by atoms with E-state index in [-0.39, 0.29) is 12.1 Å². The summed E-state index contributed by atoms with van der Waals surface area (Å²) in [4.78, 5) is 1.81. The van der Waals surface area contributed by atoms with Crippen molar-refractivity contribution < 1.29 is 13.5 Å². The van der Waals surface area contributed by atoms with Crippen molar-refractivity contribution in [2.24, 2.45) is 5.92 Å². The zero-order chi connectivity index (χ0) is 10.2. The van der Waals surface area contributed by atoms with E-state index in [9.17, 15) is 8.78 Å². The molecule has 2 aliphatic heterocycles. The molecule has 0 aliphatic carbocycles. The van der Waals surface area contributed by atoms with Crippen LogP contribution in [0.3, 0.4) is 0 Å². The van der Waals surface area contributed by atoms with E-state index in [1.54, 1.807) is 12.0 Å². The molecular formula is C9H16F2N2O. The van der Waals surface area contributed by atoms with Gasteiger partial charge in [-0.25, -0.2) is 8.78 Å². The van der Waals surface area contributed by atoms with Gasteiger partial charge in [-0.3, -0.25) is 4.90 Å². The van der Waals surface area contributed by atoms with Crippen LogP contribution in [-0.2, 0) is 4.74 Å². The number of rotatable bonds is 3. The molecular weight excluding hydrogens is 190 g/mol. The highest BCUT2D eigenvalue weighted by Gasteiger charge is 2.50. The number of fused-ring (bicyclic) bond motifs is 1. The first kappa shape index (κ1) is 10.3. The van der Waals surface area contributed by atoms with Crippen molar-refractivity contribution in [3.05, 3.63) is 0 Å². The molecule has 0 spiro atoms. The Morgan fingerprint density at radius 2 is 2.43 bits per heavy atom. The molecule has 5 heteroatoms. The molecule has 0 aromatic heterocycles. The number of nitrogens with one attached hydrogen (secondary N) is 1. The summed E-state index contributed by atoms with van der Waals surface area (Å²) in [6, 6.07) is 0. The van der Waals surface area contributed by atoms with Crippen molar-refractivity contribution in [2.75, 3.05) is 39.8 Å². The van der Waals surface area contributed by atoms with Gasteiger partial charge in [0.1, 0.15) is 0 Å². The Bertz CT molecular complexity index is 215. The largest absolute Gasteiger partial charge is 0.375 e. The standard InChI is InChI=1S/C9H16F2N2O/c1-14-9-5-12-2-7(9)3-13(6-9)4-8(10)11/h7-8,12H,2-6H2,1H3. The Labute approximate surface area is 82.4 Å². The van der Waals surface area contributed by atoms with Crippen molar-refractivity contribution in [1.29, 1.82) is 0 Å². The first-order valence-corrected chi connectivity index (χ1v) is 4.93. The van der Waals surface area contributed by atoms with Gasteiger partial charge in [0, 0.05) is 39.2 Å². The topological polar surface area (TPSA) is 24.5 Å². The molecule has 0 aromatic carbocycles. The van der Waals surface area contributed by atoms with Crippen molar-refractivity contribution in [3.63, 3.8) is 0 Å². The number of ether oxygens (including phenoxy) is 1. The number of hydrogen-bond donors (Lipinski definition) is 1. The van der Waals surface area contributed by atoms with E-state index in [1.807, 2.05) is 0 Å². The van der Waals surface area contributed by atoms with Gasteiger partial charge in [-0.15, -0.1) is 0 Å². The normalized spacial score (nSPS) is 38.1. The smallest absolute Gasteiger partial charge is 0.251 e. The Hall–Kier alpha value is -0.260. The number of nitrogens with zero attached hydrogens (tertiary/aromatic N) is 1. The molecule has 82 valence electrons. The molecule has 0 bridgehead atoms. The second-order valence-corrected chi connectivity index (χ2v) is 4.18. The number of hydrogen-bond acceptors (Lipinski definition) is 3. The lowest BCUT2D eigenvalue weighted by molar-refractivity contribution is -0.00900. The summed E-state index contributed by atoms with van der Waals surface area (Å²) in [6.07, 6.45) is -2.24. The Balaban J connectivity index is 1.98. The molecule has 2 saturated heterocycles. The van der Waals surface area contributed by atoms with Gasteiger partial charge in [-0.2, -0.15) is 0 Å². The highest BCUT2D eigenvalue weighted by molar-refractivity contribution is 5.05. The van der Waals surface area contributed by atoms with Crippen LogP contribution < -0.4 is 5.32 Å². The van der Waals surface area contributed by atoms with Gasteiger partial charge in [0.05, 0.1) is 12.1 Å². The summed E-state index contributed by atoms with van der Waals surface area (Å²) < 4.78 is 29.9. The van der Waals surface area contributed by atoms with E-state index >= 15 is 0 Å². The van der Waals surface area contributed by atoms with E-state index in [0.717, 1.165) is 19.6 Å². The molecule has 2 aliphatic rings. The summed E-state index contributed by atoms with van der Waals surface area (Å²) >= 11 is 0. The summed E-state index contributed by atoms with van der Waals surface area (Å²) in [6.45, 7) is 2.90. The minimum absolute atomic E-state index is 0.123. The highest BCUT2D eigenvalue weighted by Crippen LogP contribution is 2.33. The molecule has 1 N–H and O–H groups in total. The van der Waals surface area contributed by atoms with E-state index < -0.39 is 6.43 Å². The Morgan fingerprint density at radius 3 is 3.00 bits per heavy atom. The van der Waals surface area contributed by atoms with Crippen LogP contribution >= 0.6 is 0 Å². The van der Waals surface area contributed by atoms with Gasteiger partial charge in [-0.1, -0.05) is 0 Å². The Kier molecular flexibility index (Phi) is 2.72. The fourth-order valence-corrected chi connectivity index (χ4v) is 2.60. The van der Waals surface area contributed by atoms with Crippen LogP contribution in [0.15, 0.2) is 0 Å². The van der Waals surface area contributed by atoms with Crippen molar-refractivity contribution >= 4 is 0 Å². The van der Waals surface area contributed by atoms with E-state index in [1.165, 1.54) is 0 Å². The zero-order valence-corrected chi connectivity index (χ0v) is 8.30. The monoisotopic (exact) mass is 206 g/mol. The summed E-state index contributed by atoms with van der Waals surface area (Å²) in [5.74, 6) is 0.367. The molecule has 2 atom stereocenters. The molecule has 0 aromatic rings. The van der Waals surface area contributed by atoms with Crippen LogP contribution in [0.25, 0.3) is 0 Å². The maximum Gasteiger partial charge on any atom is 0.251 e. The second-order valence-electron chi connectivity index (χ2n) is 4.18. The maximum absolute atomic E-state index is 12.2. The van der Waals surface area contributed by atoms with Gasteiger partial charge in [-0.05, 0) is 0 Å². The number of halogens is 2. The first-order valence-electron chi connectivity index (χ1n) is 4.93. The van der Waals surface area contributed by atoms with E-state index in [2.05, 4.69) is 5.32 Å². The lowest BCUT2D eigenvalue weighted by Crippen LogP contribution is -2.42. The van der Waals surface area contributed by atoms with Crippen LogP contribution in [0.4, 0.5) is 8.78 Å². The van der Waals surface area contributed by atoms with Crippen molar-refractivity contribution in [1.82, 2.24) is 10.2 Å². The fraction of sp³-hybridized carbons (Fsp3) is 1.00. The lowest BCUT2D eigenvalue weighted by atomic mass is 9.95. The second kappa shape index (κ2) is 3.72. The quantitative estimate of drug-likeness (QED) is 0.712. The predicted molar refractivity (Wildman–Crippen MR) is 48.5 cm³/mol. The van der Waals surface area contributed by atoms with Gasteiger partial charge in [0.25, 0.3) is 6.43 Å². The molecule has 0 radical (unpaired) electrons. The average Bonchev–Trinajstić information content (AvgIpc) is 2.59. The van der Waals surface area contributed by atoms with Gasteiger partial charge < -0.3 is 10.1 Å². The van der Waals surface area contributed by atoms with Crippen LogP contribution in [0.5, 0.6) is 0 Å². The van der Waals surface area contributed by atoms with Gasteiger partial charge >= 0.3 is 0 Å². The minimum Gasteiger partial charge on any atom is -0.375 e. The summed E-state index contributed by atoms with van der Waals surface area (Å²) in [7, 11) is 1.67. The van der Waals surface area contributed by atoms with E-state index in [0.29, 0.717) is 12.5 Å².